The quantitative estimate of drug-likeness (QED) is 0.478. The molecule has 0 amide bonds. The van der Waals surface area contributed by atoms with Crippen LogP contribution in [0.2, 0.25) is 0 Å². The number of nitro groups is 1. The first kappa shape index (κ1) is 17.8. The topological polar surface area (TPSA) is 81.3 Å². The lowest BCUT2D eigenvalue weighted by Gasteiger charge is -2.24. The van der Waals surface area contributed by atoms with E-state index in [4.69, 9.17) is 0 Å². The summed E-state index contributed by atoms with van der Waals surface area (Å²) in [5.74, 6) is -0.145. The maximum Gasteiger partial charge on any atom is 0.312 e. The second-order valence-corrected chi connectivity index (χ2v) is 7.13. The fraction of sp³-hybridized carbons (Fsp3) is 0.368. The van der Waals surface area contributed by atoms with Crippen LogP contribution in [0.3, 0.4) is 0 Å². The van der Waals surface area contributed by atoms with Gasteiger partial charge in [-0.25, -0.2) is 0 Å². The van der Waals surface area contributed by atoms with E-state index in [-0.39, 0.29) is 23.4 Å². The Labute approximate surface area is 152 Å². The van der Waals surface area contributed by atoms with Crippen molar-refractivity contribution in [3.05, 3.63) is 63.1 Å². The average Bonchev–Trinajstić information content (AvgIpc) is 2.94. The van der Waals surface area contributed by atoms with Gasteiger partial charge in [0, 0.05) is 29.9 Å². The number of allylic oxidation sites excluding steroid dienone is 2. The Morgan fingerprint density at radius 1 is 1.31 bits per heavy atom. The van der Waals surface area contributed by atoms with Crippen molar-refractivity contribution in [2.45, 2.75) is 39.7 Å². The number of aryl methyl sites for hydroxylation is 1. The highest BCUT2D eigenvalue weighted by molar-refractivity contribution is 5.92. The highest BCUT2D eigenvalue weighted by Gasteiger charge is 2.38. The molecule has 7 nitrogen and oxygen atoms in total. The molecule has 0 saturated carbocycles. The largest absolute Gasteiger partial charge is 0.347 e. The summed E-state index contributed by atoms with van der Waals surface area (Å²) in [6.45, 7) is 7.34. The van der Waals surface area contributed by atoms with E-state index in [1.807, 2.05) is 30.1 Å². The number of hydrogen-bond donors (Lipinski definition) is 0. The standard InChI is InChI=1S/C19H22N4O3/c1-12-18(23(25)26)13(2)22(20-12)11-14(24)10-17-19(3,4)15-8-6-7-9-16(15)21(17)5/h6-10H,11H2,1-5H3. The number of hydrogen-bond acceptors (Lipinski definition) is 5. The summed E-state index contributed by atoms with van der Waals surface area (Å²) >= 11 is 0. The molecule has 26 heavy (non-hydrogen) atoms. The van der Waals surface area contributed by atoms with Gasteiger partial charge in [-0.3, -0.25) is 19.6 Å². The zero-order chi connectivity index (χ0) is 19.2. The number of carbonyl (C=O) groups excluding carboxylic acids is 1. The van der Waals surface area contributed by atoms with Gasteiger partial charge in [-0.15, -0.1) is 0 Å². The number of carbonyl (C=O) groups is 1. The fourth-order valence-corrected chi connectivity index (χ4v) is 3.71. The summed E-state index contributed by atoms with van der Waals surface area (Å²) in [4.78, 5) is 25.4. The first-order valence-electron chi connectivity index (χ1n) is 8.41. The van der Waals surface area contributed by atoms with Crippen LogP contribution in [-0.2, 0) is 16.8 Å². The van der Waals surface area contributed by atoms with Gasteiger partial charge in [0.2, 0.25) is 0 Å². The van der Waals surface area contributed by atoms with E-state index in [1.54, 1.807) is 19.9 Å². The zero-order valence-electron chi connectivity index (χ0n) is 15.6. The summed E-state index contributed by atoms with van der Waals surface area (Å²) in [5.41, 5.74) is 3.54. The van der Waals surface area contributed by atoms with Crippen molar-refractivity contribution in [1.82, 2.24) is 9.78 Å². The SMILES string of the molecule is Cc1nn(CC(=O)C=C2N(C)c3ccccc3C2(C)C)c(C)c1[N+](=O)[O-]. The number of nitrogens with zero attached hydrogens (tertiary/aromatic N) is 4. The van der Waals surface area contributed by atoms with E-state index in [0.717, 1.165) is 11.4 Å². The molecule has 1 aliphatic rings. The monoisotopic (exact) mass is 354 g/mol. The first-order valence-corrected chi connectivity index (χ1v) is 8.41. The highest BCUT2D eigenvalue weighted by Crippen LogP contribution is 2.46. The second-order valence-electron chi connectivity index (χ2n) is 7.13. The van der Waals surface area contributed by atoms with Gasteiger partial charge in [0.05, 0.1) is 4.92 Å². The van der Waals surface area contributed by atoms with E-state index in [0.29, 0.717) is 11.4 Å². The Bertz CT molecular complexity index is 940. The molecule has 0 aliphatic carbocycles. The molecule has 7 heteroatoms. The molecule has 2 aromatic rings. The van der Waals surface area contributed by atoms with Gasteiger partial charge in [0.15, 0.2) is 5.78 Å². The van der Waals surface area contributed by atoms with E-state index < -0.39 is 4.92 Å². The Hall–Kier alpha value is -2.96. The van der Waals surface area contributed by atoms with E-state index >= 15 is 0 Å². The van der Waals surface area contributed by atoms with Crippen molar-refractivity contribution in [1.29, 1.82) is 0 Å². The minimum Gasteiger partial charge on any atom is -0.347 e. The van der Waals surface area contributed by atoms with Crippen molar-refractivity contribution in [2.75, 3.05) is 11.9 Å². The van der Waals surface area contributed by atoms with Crippen LogP contribution < -0.4 is 4.90 Å². The molecule has 0 N–H and O–H groups in total. The molecule has 136 valence electrons. The molecule has 0 bridgehead atoms. The van der Waals surface area contributed by atoms with Gasteiger partial charge in [0.25, 0.3) is 0 Å². The zero-order valence-corrected chi connectivity index (χ0v) is 15.6. The molecule has 2 heterocycles. The molecular formula is C19H22N4O3. The van der Waals surface area contributed by atoms with Crippen LogP contribution in [0, 0.1) is 24.0 Å². The average molecular weight is 354 g/mol. The lowest BCUT2D eigenvalue weighted by molar-refractivity contribution is -0.386. The molecule has 0 fully saturated rings. The number of likely N-dealkylation sites (N-methyl/N-ethyl adjacent to an activating group) is 1. The Kier molecular flexibility index (Phi) is 4.18. The first-order chi connectivity index (χ1) is 12.1. The second kappa shape index (κ2) is 6.09. The predicted octanol–water partition coefficient (Wildman–Crippen LogP) is 3.29. The van der Waals surface area contributed by atoms with Crippen LogP contribution in [0.25, 0.3) is 0 Å². The predicted molar refractivity (Wildman–Crippen MR) is 99.3 cm³/mol. The van der Waals surface area contributed by atoms with Crippen LogP contribution in [0.15, 0.2) is 36.0 Å². The third kappa shape index (κ3) is 2.69. The number of aromatic nitrogens is 2. The Morgan fingerprint density at radius 3 is 2.54 bits per heavy atom. The summed E-state index contributed by atoms with van der Waals surface area (Å²) in [6.07, 6.45) is 1.63. The van der Waals surface area contributed by atoms with Gasteiger partial charge in [-0.1, -0.05) is 32.0 Å². The van der Waals surface area contributed by atoms with Crippen molar-refractivity contribution < 1.29 is 9.72 Å². The number of benzene rings is 1. The van der Waals surface area contributed by atoms with Crippen LogP contribution in [0.5, 0.6) is 0 Å². The molecule has 1 aromatic carbocycles. The smallest absolute Gasteiger partial charge is 0.312 e. The van der Waals surface area contributed by atoms with Crippen molar-refractivity contribution in [3.8, 4) is 0 Å². The third-order valence-corrected chi connectivity index (χ3v) is 5.07. The molecule has 0 radical (unpaired) electrons. The maximum atomic E-state index is 12.7. The van der Waals surface area contributed by atoms with Crippen LogP contribution in [0.4, 0.5) is 11.4 Å². The molecule has 0 atom stereocenters. The summed E-state index contributed by atoms with van der Waals surface area (Å²) in [5, 5.41) is 15.3. The number of fused-ring (bicyclic) bond motifs is 1. The highest BCUT2D eigenvalue weighted by atomic mass is 16.6. The van der Waals surface area contributed by atoms with Gasteiger partial charge >= 0.3 is 5.69 Å². The van der Waals surface area contributed by atoms with Crippen LogP contribution in [-0.4, -0.2) is 27.5 Å². The van der Waals surface area contributed by atoms with E-state index in [9.17, 15) is 14.9 Å². The number of anilines is 1. The summed E-state index contributed by atoms with van der Waals surface area (Å²) in [6, 6.07) is 8.08. The lowest BCUT2D eigenvalue weighted by atomic mass is 9.83. The third-order valence-electron chi connectivity index (χ3n) is 5.07. The van der Waals surface area contributed by atoms with Crippen molar-refractivity contribution >= 4 is 17.2 Å². The van der Waals surface area contributed by atoms with E-state index in [1.165, 1.54) is 10.2 Å². The van der Waals surface area contributed by atoms with Crippen molar-refractivity contribution in [2.24, 2.45) is 0 Å². The molecule has 0 saturated heterocycles. The maximum absolute atomic E-state index is 12.7. The normalized spacial score (nSPS) is 16.8. The Balaban J connectivity index is 1.91. The molecule has 0 unspecified atom stereocenters. The minimum atomic E-state index is -0.457. The number of ketones is 1. The van der Waals surface area contributed by atoms with Gasteiger partial charge in [-0.2, -0.15) is 5.10 Å². The summed E-state index contributed by atoms with van der Waals surface area (Å²) in [7, 11) is 1.95. The fourth-order valence-electron chi connectivity index (χ4n) is 3.71. The van der Waals surface area contributed by atoms with Crippen molar-refractivity contribution in [3.63, 3.8) is 0 Å². The van der Waals surface area contributed by atoms with Gasteiger partial charge in [0.1, 0.15) is 17.9 Å². The summed E-state index contributed by atoms with van der Waals surface area (Å²) < 4.78 is 1.40. The molecule has 1 aliphatic heterocycles. The molecular weight excluding hydrogens is 332 g/mol. The number of para-hydroxylation sites is 1. The molecule has 3 rings (SSSR count). The lowest BCUT2D eigenvalue weighted by Crippen LogP contribution is -2.25. The van der Waals surface area contributed by atoms with Crippen LogP contribution >= 0.6 is 0 Å². The minimum absolute atomic E-state index is 0.0235. The number of rotatable bonds is 4. The molecule has 0 spiro atoms. The van der Waals surface area contributed by atoms with Gasteiger partial charge in [-0.05, 0) is 25.5 Å². The van der Waals surface area contributed by atoms with Gasteiger partial charge < -0.3 is 4.90 Å². The van der Waals surface area contributed by atoms with E-state index in [2.05, 4.69) is 25.0 Å². The van der Waals surface area contributed by atoms with Crippen LogP contribution in [0.1, 0.15) is 30.8 Å². The Morgan fingerprint density at radius 2 is 1.96 bits per heavy atom. The molecule has 1 aromatic heterocycles.